The highest BCUT2D eigenvalue weighted by Crippen LogP contribution is 2.30. The Hall–Kier alpha value is -3.57. The summed E-state index contributed by atoms with van der Waals surface area (Å²) in [6, 6.07) is 21.4. The standard InChI is InChI=1S/C30H33NO4/c1-31-16-14-23(15-17-31)25-8-5-9-28(20-25)35-21-26-7-4-3-6-24(26)19-27(32)12-10-22-11-13-30(34-2)29(33)18-22/h3-13,18,20,23,33H,14-17,19,21H2,1-2H3/b12-10+. The smallest absolute Gasteiger partial charge is 0.160 e. The summed E-state index contributed by atoms with van der Waals surface area (Å²) < 4.78 is 11.2. The van der Waals surface area contributed by atoms with Gasteiger partial charge in [-0.1, -0.05) is 48.5 Å². The summed E-state index contributed by atoms with van der Waals surface area (Å²) in [5.41, 5.74) is 4.03. The van der Waals surface area contributed by atoms with Crippen LogP contribution in [0.5, 0.6) is 17.2 Å². The van der Waals surface area contributed by atoms with Crippen LogP contribution in [0, 0.1) is 0 Å². The third-order valence-corrected chi connectivity index (χ3v) is 6.59. The van der Waals surface area contributed by atoms with Gasteiger partial charge in [-0.3, -0.25) is 4.79 Å². The van der Waals surface area contributed by atoms with E-state index in [9.17, 15) is 9.90 Å². The molecule has 0 aromatic heterocycles. The van der Waals surface area contributed by atoms with E-state index in [1.807, 2.05) is 30.3 Å². The SMILES string of the molecule is COc1ccc(/C=C/C(=O)Cc2ccccc2COc2cccc(C3CCN(C)CC3)c2)cc1O. The van der Waals surface area contributed by atoms with E-state index in [1.165, 1.54) is 25.5 Å². The Kier molecular flexibility index (Phi) is 8.22. The number of carbonyl (C=O) groups is 1. The molecule has 0 spiro atoms. The van der Waals surface area contributed by atoms with Crippen LogP contribution in [-0.2, 0) is 17.8 Å². The Morgan fingerprint density at radius 1 is 1.03 bits per heavy atom. The minimum atomic E-state index is -0.0166. The number of hydrogen-bond acceptors (Lipinski definition) is 5. The van der Waals surface area contributed by atoms with Crippen molar-refractivity contribution in [1.82, 2.24) is 4.90 Å². The lowest BCUT2D eigenvalue weighted by Crippen LogP contribution is -2.29. The summed E-state index contributed by atoms with van der Waals surface area (Å²) in [5.74, 6) is 1.88. The molecule has 3 aromatic rings. The summed E-state index contributed by atoms with van der Waals surface area (Å²) in [5, 5.41) is 9.92. The topological polar surface area (TPSA) is 59.0 Å². The van der Waals surface area contributed by atoms with Crippen LogP contribution in [0.4, 0.5) is 0 Å². The van der Waals surface area contributed by atoms with Gasteiger partial charge in [0.25, 0.3) is 0 Å². The Morgan fingerprint density at radius 2 is 1.80 bits per heavy atom. The highest BCUT2D eigenvalue weighted by atomic mass is 16.5. The zero-order valence-corrected chi connectivity index (χ0v) is 20.4. The molecule has 0 bridgehead atoms. The highest BCUT2D eigenvalue weighted by molar-refractivity contribution is 5.95. The van der Waals surface area contributed by atoms with Crippen molar-refractivity contribution in [3.63, 3.8) is 0 Å². The van der Waals surface area contributed by atoms with E-state index >= 15 is 0 Å². The minimum absolute atomic E-state index is 0.0166. The van der Waals surface area contributed by atoms with Gasteiger partial charge in [0.15, 0.2) is 17.3 Å². The fourth-order valence-electron chi connectivity index (χ4n) is 4.48. The number of rotatable bonds is 9. The molecule has 3 aromatic carbocycles. The van der Waals surface area contributed by atoms with Gasteiger partial charge in [0, 0.05) is 6.42 Å². The summed E-state index contributed by atoms with van der Waals surface area (Å²) in [6.07, 6.45) is 5.88. The first-order chi connectivity index (χ1) is 17.0. The molecule has 1 saturated heterocycles. The maximum atomic E-state index is 12.6. The monoisotopic (exact) mass is 471 g/mol. The van der Waals surface area contributed by atoms with Gasteiger partial charge in [0.05, 0.1) is 7.11 Å². The van der Waals surface area contributed by atoms with Crippen LogP contribution in [0.1, 0.15) is 41.0 Å². The Labute approximate surface area is 207 Å². The van der Waals surface area contributed by atoms with E-state index in [4.69, 9.17) is 9.47 Å². The average molecular weight is 472 g/mol. The van der Waals surface area contributed by atoms with Crippen LogP contribution in [0.2, 0.25) is 0 Å². The average Bonchev–Trinajstić information content (AvgIpc) is 2.88. The number of piperidine rings is 1. The number of methoxy groups -OCH3 is 1. The van der Waals surface area contributed by atoms with Crippen molar-refractivity contribution in [1.29, 1.82) is 0 Å². The van der Waals surface area contributed by atoms with Crippen molar-refractivity contribution in [2.75, 3.05) is 27.2 Å². The fourth-order valence-corrected chi connectivity index (χ4v) is 4.48. The van der Waals surface area contributed by atoms with Gasteiger partial charge in [-0.15, -0.1) is 0 Å². The van der Waals surface area contributed by atoms with Gasteiger partial charge < -0.3 is 19.5 Å². The molecule has 1 heterocycles. The van der Waals surface area contributed by atoms with E-state index in [0.29, 0.717) is 18.3 Å². The number of ketones is 1. The summed E-state index contributed by atoms with van der Waals surface area (Å²) in [6.45, 7) is 2.67. The zero-order valence-electron chi connectivity index (χ0n) is 20.4. The lowest BCUT2D eigenvalue weighted by molar-refractivity contribution is -0.113. The predicted octanol–water partition coefficient (Wildman–Crippen LogP) is 5.61. The molecule has 1 N–H and O–H groups in total. The minimum Gasteiger partial charge on any atom is -0.504 e. The van der Waals surface area contributed by atoms with E-state index in [1.54, 1.807) is 30.4 Å². The third kappa shape index (κ3) is 6.74. The Balaban J connectivity index is 1.37. The quantitative estimate of drug-likeness (QED) is 0.411. The highest BCUT2D eigenvalue weighted by Gasteiger charge is 2.18. The first-order valence-electron chi connectivity index (χ1n) is 12.1. The van der Waals surface area contributed by atoms with Gasteiger partial charge in [-0.2, -0.15) is 0 Å². The Morgan fingerprint density at radius 3 is 2.54 bits per heavy atom. The van der Waals surface area contributed by atoms with E-state index in [-0.39, 0.29) is 18.0 Å². The molecule has 0 unspecified atom stereocenters. The number of phenols is 1. The maximum Gasteiger partial charge on any atom is 0.160 e. The molecule has 0 amide bonds. The molecule has 1 aliphatic rings. The zero-order chi connectivity index (χ0) is 24.6. The van der Waals surface area contributed by atoms with Gasteiger partial charge in [-0.25, -0.2) is 0 Å². The van der Waals surface area contributed by atoms with Gasteiger partial charge >= 0.3 is 0 Å². The van der Waals surface area contributed by atoms with Gasteiger partial charge in [-0.05, 0) is 91.5 Å². The molecular weight excluding hydrogens is 438 g/mol. The second kappa shape index (κ2) is 11.7. The third-order valence-electron chi connectivity index (χ3n) is 6.59. The first kappa shape index (κ1) is 24.6. The number of likely N-dealkylation sites (tertiary alicyclic amines) is 1. The summed E-state index contributed by atoms with van der Waals surface area (Å²) >= 11 is 0. The van der Waals surface area contributed by atoms with E-state index in [0.717, 1.165) is 35.5 Å². The van der Waals surface area contributed by atoms with Crippen molar-refractivity contribution in [2.45, 2.75) is 31.8 Å². The van der Waals surface area contributed by atoms with Crippen LogP contribution >= 0.6 is 0 Å². The molecular formula is C30H33NO4. The molecule has 182 valence electrons. The maximum absolute atomic E-state index is 12.6. The molecule has 0 radical (unpaired) electrons. The van der Waals surface area contributed by atoms with E-state index < -0.39 is 0 Å². The number of ether oxygens (including phenoxy) is 2. The van der Waals surface area contributed by atoms with Crippen LogP contribution in [0.3, 0.4) is 0 Å². The van der Waals surface area contributed by atoms with Crippen molar-refractivity contribution in [3.05, 3.63) is 95.1 Å². The molecule has 35 heavy (non-hydrogen) atoms. The number of allylic oxidation sites excluding steroid dienone is 1. The largest absolute Gasteiger partial charge is 0.504 e. The molecule has 1 fully saturated rings. The number of aromatic hydroxyl groups is 1. The molecule has 4 rings (SSSR count). The van der Waals surface area contributed by atoms with E-state index in [2.05, 4.69) is 30.1 Å². The number of nitrogens with zero attached hydrogens (tertiary/aromatic N) is 1. The molecule has 0 aliphatic carbocycles. The Bertz CT molecular complexity index is 1180. The second-order valence-electron chi connectivity index (χ2n) is 9.12. The van der Waals surface area contributed by atoms with Gasteiger partial charge in [0.2, 0.25) is 0 Å². The molecule has 0 saturated carbocycles. The number of carbonyl (C=O) groups excluding carboxylic acids is 1. The lowest BCUT2D eigenvalue weighted by atomic mass is 9.89. The van der Waals surface area contributed by atoms with Crippen molar-refractivity contribution in [3.8, 4) is 17.2 Å². The van der Waals surface area contributed by atoms with Crippen molar-refractivity contribution < 1.29 is 19.4 Å². The number of phenolic OH excluding ortho intramolecular Hbond substituents is 1. The summed E-state index contributed by atoms with van der Waals surface area (Å²) in [4.78, 5) is 15.0. The summed E-state index contributed by atoms with van der Waals surface area (Å²) in [7, 11) is 3.68. The number of benzene rings is 3. The molecule has 5 nitrogen and oxygen atoms in total. The normalized spacial score (nSPS) is 14.8. The van der Waals surface area contributed by atoms with Crippen LogP contribution in [0.25, 0.3) is 6.08 Å². The molecule has 1 aliphatic heterocycles. The predicted molar refractivity (Wildman–Crippen MR) is 139 cm³/mol. The second-order valence-corrected chi connectivity index (χ2v) is 9.12. The number of hydrogen-bond donors (Lipinski definition) is 1. The van der Waals surface area contributed by atoms with Crippen LogP contribution < -0.4 is 9.47 Å². The van der Waals surface area contributed by atoms with Crippen LogP contribution in [0.15, 0.2) is 72.8 Å². The first-order valence-corrected chi connectivity index (χ1v) is 12.1. The van der Waals surface area contributed by atoms with Gasteiger partial charge in [0.1, 0.15) is 12.4 Å². The van der Waals surface area contributed by atoms with Crippen LogP contribution in [-0.4, -0.2) is 43.0 Å². The van der Waals surface area contributed by atoms with Crippen molar-refractivity contribution >= 4 is 11.9 Å². The fraction of sp³-hybridized carbons (Fsp3) is 0.300. The molecule has 5 heteroatoms. The lowest BCUT2D eigenvalue weighted by Gasteiger charge is -2.29. The molecule has 0 atom stereocenters. The van der Waals surface area contributed by atoms with Crippen molar-refractivity contribution in [2.24, 2.45) is 0 Å².